The molecule has 1 aromatic carbocycles. The van der Waals surface area contributed by atoms with Crippen LogP contribution < -0.4 is 11.1 Å². The van der Waals surface area contributed by atoms with Gasteiger partial charge in [0.05, 0.1) is 4.90 Å². The van der Waals surface area contributed by atoms with Crippen LogP contribution in [0, 0.1) is 0 Å². The number of carbonyl (C=O) groups is 1. The summed E-state index contributed by atoms with van der Waals surface area (Å²) in [7, 11) is -3.55. The van der Waals surface area contributed by atoms with Gasteiger partial charge in [-0.25, -0.2) is 8.42 Å². The van der Waals surface area contributed by atoms with Crippen LogP contribution in [0.3, 0.4) is 0 Å². The molecule has 3 N–H and O–H groups in total. The Morgan fingerprint density at radius 3 is 2.38 bits per heavy atom. The van der Waals surface area contributed by atoms with Gasteiger partial charge in [0.15, 0.2) is 0 Å². The molecule has 118 valence electrons. The van der Waals surface area contributed by atoms with Gasteiger partial charge in [-0.15, -0.1) is 12.4 Å². The topological polar surface area (TPSA) is 92.5 Å². The molecule has 0 saturated carbocycles. The quantitative estimate of drug-likeness (QED) is 0.846. The van der Waals surface area contributed by atoms with Crippen LogP contribution in [-0.2, 0) is 10.0 Å². The number of halogens is 1. The van der Waals surface area contributed by atoms with Crippen molar-refractivity contribution < 1.29 is 13.2 Å². The first kappa shape index (κ1) is 17.9. The van der Waals surface area contributed by atoms with Gasteiger partial charge >= 0.3 is 0 Å². The first-order valence-corrected chi connectivity index (χ1v) is 7.91. The van der Waals surface area contributed by atoms with E-state index in [0.717, 1.165) is 0 Å². The number of nitrogens with one attached hydrogen (secondary N) is 1. The molecule has 8 heteroatoms. The zero-order valence-electron chi connectivity index (χ0n) is 11.9. The van der Waals surface area contributed by atoms with E-state index in [0.29, 0.717) is 18.7 Å². The van der Waals surface area contributed by atoms with E-state index in [2.05, 4.69) is 5.32 Å². The molecule has 1 aliphatic rings. The van der Waals surface area contributed by atoms with Gasteiger partial charge in [0.25, 0.3) is 0 Å². The molecular formula is C13H20ClN3O3S. The second-order valence-corrected chi connectivity index (χ2v) is 7.01. The fourth-order valence-electron chi connectivity index (χ4n) is 2.25. The van der Waals surface area contributed by atoms with Gasteiger partial charge in [0.2, 0.25) is 15.9 Å². The summed E-state index contributed by atoms with van der Waals surface area (Å²) in [4.78, 5) is 11.2. The zero-order valence-corrected chi connectivity index (χ0v) is 13.6. The predicted molar refractivity (Wildman–Crippen MR) is 83.0 cm³/mol. The van der Waals surface area contributed by atoms with Crippen molar-refractivity contribution in [3.05, 3.63) is 29.8 Å². The van der Waals surface area contributed by atoms with Gasteiger partial charge < -0.3 is 11.1 Å². The number of benzene rings is 1. The maximum absolute atomic E-state index is 12.6. The van der Waals surface area contributed by atoms with E-state index in [-0.39, 0.29) is 29.4 Å². The van der Waals surface area contributed by atoms with E-state index in [1.54, 1.807) is 0 Å². The molecule has 1 aromatic rings. The standard InChI is InChI=1S/C13H19N3O3S.ClH/c1-9-8-16(10(2)7-15-9)20(18,19)12-5-3-11(4-6-12)13(14)17;/h3-6,9-10,15H,7-8H2,1-2H3,(H2,14,17);1H. The summed E-state index contributed by atoms with van der Waals surface area (Å²) in [6.07, 6.45) is 0. The fraction of sp³-hybridized carbons (Fsp3) is 0.462. The van der Waals surface area contributed by atoms with Gasteiger partial charge in [-0.2, -0.15) is 4.31 Å². The minimum absolute atomic E-state index is 0. The second kappa shape index (κ2) is 6.74. The van der Waals surface area contributed by atoms with Gasteiger partial charge in [0.1, 0.15) is 0 Å². The van der Waals surface area contributed by atoms with Gasteiger partial charge in [0, 0.05) is 30.7 Å². The maximum atomic E-state index is 12.6. The Hall–Kier alpha value is -1.15. The van der Waals surface area contributed by atoms with Gasteiger partial charge in [-0.1, -0.05) is 0 Å². The average molecular weight is 334 g/mol. The van der Waals surface area contributed by atoms with Crippen LogP contribution in [0.1, 0.15) is 24.2 Å². The van der Waals surface area contributed by atoms with Crippen molar-refractivity contribution in [3.63, 3.8) is 0 Å². The van der Waals surface area contributed by atoms with Crippen molar-refractivity contribution in [2.75, 3.05) is 13.1 Å². The summed E-state index contributed by atoms with van der Waals surface area (Å²) in [6.45, 7) is 4.87. The Bertz CT molecular complexity index is 604. The highest BCUT2D eigenvalue weighted by molar-refractivity contribution is 7.89. The lowest BCUT2D eigenvalue weighted by Gasteiger charge is -2.36. The van der Waals surface area contributed by atoms with Crippen LogP contribution >= 0.6 is 12.4 Å². The van der Waals surface area contributed by atoms with Crippen molar-refractivity contribution in [3.8, 4) is 0 Å². The Balaban J connectivity index is 0.00000220. The third kappa shape index (κ3) is 3.74. The normalized spacial score (nSPS) is 23.3. The molecule has 0 aliphatic carbocycles. The largest absolute Gasteiger partial charge is 0.366 e. The summed E-state index contributed by atoms with van der Waals surface area (Å²) < 4.78 is 26.7. The lowest BCUT2D eigenvalue weighted by molar-refractivity contribution is 0.1000. The zero-order chi connectivity index (χ0) is 14.9. The number of nitrogens with two attached hydrogens (primary N) is 1. The van der Waals surface area contributed by atoms with Crippen LogP contribution in [0.15, 0.2) is 29.2 Å². The van der Waals surface area contributed by atoms with E-state index in [1.165, 1.54) is 28.6 Å². The molecular weight excluding hydrogens is 314 g/mol. The fourth-order valence-corrected chi connectivity index (χ4v) is 3.97. The van der Waals surface area contributed by atoms with Crippen LogP contribution in [0.25, 0.3) is 0 Å². The Kier molecular flexibility index (Phi) is 5.75. The molecule has 6 nitrogen and oxygen atoms in total. The lowest BCUT2D eigenvalue weighted by Crippen LogP contribution is -2.56. The highest BCUT2D eigenvalue weighted by Crippen LogP contribution is 2.21. The molecule has 2 atom stereocenters. The third-order valence-corrected chi connectivity index (χ3v) is 5.45. The van der Waals surface area contributed by atoms with E-state index >= 15 is 0 Å². The average Bonchev–Trinajstić information content (AvgIpc) is 2.41. The van der Waals surface area contributed by atoms with Crippen molar-refractivity contribution in [2.24, 2.45) is 5.73 Å². The number of piperazine rings is 1. The maximum Gasteiger partial charge on any atom is 0.248 e. The number of rotatable bonds is 3. The molecule has 1 saturated heterocycles. The van der Waals surface area contributed by atoms with Crippen molar-refractivity contribution in [1.82, 2.24) is 9.62 Å². The smallest absolute Gasteiger partial charge is 0.248 e. The molecule has 0 bridgehead atoms. The van der Waals surface area contributed by atoms with Gasteiger partial charge in [-0.05, 0) is 38.1 Å². The molecule has 1 aliphatic heterocycles. The van der Waals surface area contributed by atoms with Crippen molar-refractivity contribution >= 4 is 28.3 Å². The lowest BCUT2D eigenvalue weighted by atomic mass is 10.2. The summed E-state index contributed by atoms with van der Waals surface area (Å²) in [6, 6.07) is 5.73. The first-order valence-electron chi connectivity index (χ1n) is 6.47. The number of sulfonamides is 1. The van der Waals surface area contributed by atoms with Crippen LogP contribution in [0.5, 0.6) is 0 Å². The Morgan fingerprint density at radius 2 is 1.86 bits per heavy atom. The summed E-state index contributed by atoms with van der Waals surface area (Å²) in [5, 5.41) is 3.24. The Labute approximate surface area is 131 Å². The molecule has 2 rings (SSSR count). The molecule has 1 amide bonds. The number of hydrogen-bond acceptors (Lipinski definition) is 4. The van der Waals surface area contributed by atoms with Crippen molar-refractivity contribution in [2.45, 2.75) is 30.8 Å². The van der Waals surface area contributed by atoms with E-state index in [4.69, 9.17) is 5.73 Å². The minimum Gasteiger partial charge on any atom is -0.366 e. The summed E-state index contributed by atoms with van der Waals surface area (Å²) in [5.74, 6) is -0.571. The third-order valence-electron chi connectivity index (χ3n) is 3.45. The van der Waals surface area contributed by atoms with Crippen LogP contribution in [-0.4, -0.2) is 43.8 Å². The molecule has 1 heterocycles. The second-order valence-electron chi connectivity index (χ2n) is 5.12. The van der Waals surface area contributed by atoms with Gasteiger partial charge in [-0.3, -0.25) is 4.79 Å². The number of hydrogen-bond donors (Lipinski definition) is 2. The number of carbonyl (C=O) groups excluding carboxylic acids is 1. The number of primary amides is 1. The summed E-state index contributed by atoms with van der Waals surface area (Å²) in [5.41, 5.74) is 5.45. The minimum atomic E-state index is -3.55. The molecule has 1 fully saturated rings. The molecule has 0 aromatic heterocycles. The van der Waals surface area contributed by atoms with Crippen LogP contribution in [0.2, 0.25) is 0 Å². The number of amides is 1. The first-order chi connectivity index (χ1) is 9.32. The van der Waals surface area contributed by atoms with E-state index in [9.17, 15) is 13.2 Å². The molecule has 0 spiro atoms. The highest BCUT2D eigenvalue weighted by atomic mass is 35.5. The van der Waals surface area contributed by atoms with Crippen LogP contribution in [0.4, 0.5) is 0 Å². The summed E-state index contributed by atoms with van der Waals surface area (Å²) >= 11 is 0. The number of nitrogens with zero attached hydrogens (tertiary/aromatic N) is 1. The van der Waals surface area contributed by atoms with E-state index < -0.39 is 15.9 Å². The molecule has 0 radical (unpaired) electrons. The van der Waals surface area contributed by atoms with Crippen molar-refractivity contribution in [1.29, 1.82) is 0 Å². The molecule has 21 heavy (non-hydrogen) atoms. The van der Waals surface area contributed by atoms with E-state index in [1.807, 2.05) is 13.8 Å². The highest BCUT2D eigenvalue weighted by Gasteiger charge is 2.33. The predicted octanol–water partition coefficient (Wildman–Crippen LogP) is 0.578. The molecule has 2 unspecified atom stereocenters. The Morgan fingerprint density at radius 1 is 1.29 bits per heavy atom. The SMILES string of the molecule is CC1CN(S(=O)(=O)c2ccc(C(N)=O)cc2)C(C)CN1.Cl. The monoisotopic (exact) mass is 333 g/mol.